The van der Waals surface area contributed by atoms with Crippen LogP contribution in [-0.4, -0.2) is 44.3 Å². The lowest BCUT2D eigenvalue weighted by Gasteiger charge is -2.34. The van der Waals surface area contributed by atoms with E-state index in [1.54, 1.807) is 30.3 Å². The Kier molecular flexibility index (Phi) is 11.0. The van der Waals surface area contributed by atoms with E-state index in [1.807, 2.05) is 68.4 Å². The normalized spacial score (nSPS) is 11.9. The zero-order valence-corrected chi connectivity index (χ0v) is 27.1. The Morgan fingerprint density at radius 1 is 0.884 bits per heavy atom. The van der Waals surface area contributed by atoms with Gasteiger partial charge in [0.05, 0.1) is 10.6 Å². The minimum Gasteiger partial charge on any atom is -0.355 e. The largest absolute Gasteiger partial charge is 0.355 e. The molecule has 0 aliphatic carbocycles. The van der Waals surface area contributed by atoms with Crippen LogP contribution >= 0.6 is 27.5 Å². The van der Waals surface area contributed by atoms with Gasteiger partial charge in [0.15, 0.2) is 0 Å². The molecule has 4 aromatic carbocycles. The first-order chi connectivity index (χ1) is 20.6. The van der Waals surface area contributed by atoms with Gasteiger partial charge in [0, 0.05) is 29.0 Å². The van der Waals surface area contributed by atoms with Crippen LogP contribution in [0.4, 0.5) is 5.69 Å². The molecule has 1 N–H and O–H groups in total. The molecule has 0 saturated carbocycles. The summed E-state index contributed by atoms with van der Waals surface area (Å²) in [7, 11) is -4.19. The number of amides is 2. The van der Waals surface area contributed by atoms with E-state index in [4.69, 9.17) is 11.6 Å². The van der Waals surface area contributed by atoms with Gasteiger partial charge in [-0.05, 0) is 67.4 Å². The summed E-state index contributed by atoms with van der Waals surface area (Å²) in [6.45, 7) is 3.60. The third kappa shape index (κ3) is 8.46. The summed E-state index contributed by atoms with van der Waals surface area (Å²) < 4.78 is 30.0. The average Bonchev–Trinajstić information content (AvgIpc) is 2.99. The summed E-state index contributed by atoms with van der Waals surface area (Å²) in [6.07, 6.45) is 0.247. The highest BCUT2D eigenvalue weighted by Gasteiger charge is 2.34. The summed E-state index contributed by atoms with van der Waals surface area (Å²) in [5.41, 5.74) is 2.79. The Bertz CT molecular complexity index is 1650. The van der Waals surface area contributed by atoms with Gasteiger partial charge in [-0.25, -0.2) is 8.42 Å². The van der Waals surface area contributed by atoms with Crippen LogP contribution < -0.4 is 9.62 Å². The Morgan fingerprint density at radius 2 is 1.56 bits per heavy atom. The molecule has 1 atom stereocenters. The molecule has 0 bridgehead atoms. The molecule has 0 aromatic heterocycles. The number of sulfonamides is 1. The number of nitrogens with zero attached hydrogens (tertiary/aromatic N) is 2. The van der Waals surface area contributed by atoms with Crippen LogP contribution in [0, 0.1) is 6.92 Å². The van der Waals surface area contributed by atoms with Gasteiger partial charge in [-0.2, -0.15) is 0 Å². The Balaban J connectivity index is 1.79. The van der Waals surface area contributed by atoms with E-state index >= 15 is 0 Å². The summed E-state index contributed by atoms with van der Waals surface area (Å²) >= 11 is 9.71. The summed E-state index contributed by atoms with van der Waals surface area (Å²) in [4.78, 5) is 29.4. The number of anilines is 1. The van der Waals surface area contributed by atoms with Crippen LogP contribution in [0.3, 0.4) is 0 Å². The van der Waals surface area contributed by atoms with Gasteiger partial charge < -0.3 is 10.2 Å². The number of hydrogen-bond donors (Lipinski definition) is 1. The molecule has 2 amide bonds. The van der Waals surface area contributed by atoms with Crippen molar-refractivity contribution in [2.75, 3.05) is 17.4 Å². The number of likely N-dealkylation sites (N-methyl/N-ethyl adjacent to an activating group) is 1. The van der Waals surface area contributed by atoms with Crippen LogP contribution in [0.15, 0.2) is 112 Å². The fraction of sp³-hybridized carbons (Fsp3) is 0.212. The van der Waals surface area contributed by atoms with Gasteiger partial charge in [0.2, 0.25) is 11.8 Å². The maximum absolute atomic E-state index is 14.4. The summed E-state index contributed by atoms with van der Waals surface area (Å²) in [5.74, 6) is -0.863. The van der Waals surface area contributed by atoms with E-state index < -0.39 is 28.5 Å². The van der Waals surface area contributed by atoms with E-state index in [1.165, 1.54) is 23.1 Å². The third-order valence-electron chi connectivity index (χ3n) is 6.87. The molecule has 224 valence electrons. The van der Waals surface area contributed by atoms with Crippen molar-refractivity contribution in [3.05, 3.63) is 129 Å². The molecular weight excluding hydrogens is 650 g/mol. The van der Waals surface area contributed by atoms with Crippen molar-refractivity contribution < 1.29 is 18.0 Å². The topological polar surface area (TPSA) is 86.8 Å². The number of carbonyl (C=O) groups is 2. The number of hydrogen-bond acceptors (Lipinski definition) is 4. The van der Waals surface area contributed by atoms with Crippen LogP contribution in [0.25, 0.3) is 0 Å². The Hall–Kier alpha value is -3.66. The molecule has 0 saturated heterocycles. The van der Waals surface area contributed by atoms with Crippen molar-refractivity contribution in [3.63, 3.8) is 0 Å². The minimum atomic E-state index is -4.19. The van der Waals surface area contributed by atoms with E-state index in [0.717, 1.165) is 25.5 Å². The number of halogens is 2. The number of rotatable bonds is 12. The molecular formula is C33H33BrClN3O4S. The molecule has 4 rings (SSSR count). The Morgan fingerprint density at radius 3 is 2.19 bits per heavy atom. The molecule has 4 aromatic rings. The van der Waals surface area contributed by atoms with Gasteiger partial charge in [-0.15, -0.1) is 0 Å². The fourth-order valence-corrected chi connectivity index (χ4v) is 6.48. The second-order valence-electron chi connectivity index (χ2n) is 10.1. The van der Waals surface area contributed by atoms with Crippen molar-refractivity contribution in [3.8, 4) is 0 Å². The maximum atomic E-state index is 14.4. The SMILES string of the molecule is CCNC(=O)[C@H](Cc1ccccc1)N(Cc1ccc(Br)cc1)C(=O)CN(c1cccc(Cl)c1)S(=O)(=O)c1ccc(C)cc1. The van der Waals surface area contributed by atoms with Gasteiger partial charge >= 0.3 is 0 Å². The first-order valence-electron chi connectivity index (χ1n) is 13.8. The molecule has 7 nitrogen and oxygen atoms in total. The molecule has 0 fully saturated rings. The second kappa shape index (κ2) is 14.7. The molecule has 0 radical (unpaired) electrons. The number of nitrogens with one attached hydrogen (secondary N) is 1. The second-order valence-corrected chi connectivity index (χ2v) is 13.3. The van der Waals surface area contributed by atoms with Gasteiger partial charge in [0.25, 0.3) is 10.0 Å². The van der Waals surface area contributed by atoms with Gasteiger partial charge in [0.1, 0.15) is 12.6 Å². The molecule has 43 heavy (non-hydrogen) atoms. The van der Waals surface area contributed by atoms with Crippen LogP contribution in [0.5, 0.6) is 0 Å². The predicted octanol–water partition coefficient (Wildman–Crippen LogP) is 6.38. The van der Waals surface area contributed by atoms with Crippen LogP contribution in [0.2, 0.25) is 5.02 Å². The highest BCUT2D eigenvalue weighted by Crippen LogP contribution is 2.27. The summed E-state index contributed by atoms with van der Waals surface area (Å²) in [5, 5.41) is 3.18. The van der Waals surface area contributed by atoms with E-state index in [9.17, 15) is 18.0 Å². The monoisotopic (exact) mass is 681 g/mol. The lowest BCUT2D eigenvalue weighted by molar-refractivity contribution is -0.140. The number of aryl methyl sites for hydroxylation is 1. The standard InChI is InChI=1S/C33H33BrClN3O4S/c1-3-36-33(40)31(20-25-8-5-4-6-9-25)37(22-26-14-16-27(34)17-15-26)32(39)23-38(29-11-7-10-28(35)21-29)43(41,42)30-18-12-24(2)13-19-30/h4-19,21,31H,3,20,22-23H2,1-2H3,(H,36,40)/t31-/m0/s1. The quantitative estimate of drug-likeness (QED) is 0.188. The van der Waals surface area contributed by atoms with Crippen molar-refractivity contribution in [1.82, 2.24) is 10.2 Å². The zero-order chi connectivity index (χ0) is 31.0. The first kappa shape index (κ1) is 32.3. The van der Waals surface area contributed by atoms with Crippen molar-refractivity contribution in [1.29, 1.82) is 0 Å². The highest BCUT2D eigenvalue weighted by molar-refractivity contribution is 9.10. The van der Waals surface area contributed by atoms with Gasteiger partial charge in [-0.1, -0.05) is 93.8 Å². The van der Waals surface area contributed by atoms with Crippen LogP contribution in [-0.2, 0) is 32.6 Å². The molecule has 10 heteroatoms. The minimum absolute atomic E-state index is 0.0369. The summed E-state index contributed by atoms with van der Waals surface area (Å²) in [6, 6.07) is 28.8. The maximum Gasteiger partial charge on any atom is 0.264 e. The molecule has 0 aliphatic heterocycles. The average molecular weight is 683 g/mol. The van der Waals surface area contributed by atoms with Crippen molar-refractivity contribution >= 4 is 55.1 Å². The molecule has 0 aliphatic rings. The van der Waals surface area contributed by atoms with Crippen molar-refractivity contribution in [2.24, 2.45) is 0 Å². The predicted molar refractivity (Wildman–Crippen MR) is 174 cm³/mol. The van der Waals surface area contributed by atoms with E-state index in [2.05, 4.69) is 21.2 Å². The number of carbonyl (C=O) groups excluding carboxylic acids is 2. The Labute approximate surface area is 266 Å². The molecule has 0 heterocycles. The molecule has 0 spiro atoms. The van der Waals surface area contributed by atoms with Crippen LogP contribution in [0.1, 0.15) is 23.6 Å². The zero-order valence-electron chi connectivity index (χ0n) is 23.9. The van der Waals surface area contributed by atoms with Crippen molar-refractivity contribution in [2.45, 2.75) is 37.8 Å². The number of benzene rings is 4. The third-order valence-corrected chi connectivity index (χ3v) is 9.42. The molecule has 0 unspecified atom stereocenters. The smallest absolute Gasteiger partial charge is 0.264 e. The van der Waals surface area contributed by atoms with Gasteiger partial charge in [-0.3, -0.25) is 13.9 Å². The highest BCUT2D eigenvalue weighted by atomic mass is 79.9. The lowest BCUT2D eigenvalue weighted by Crippen LogP contribution is -2.53. The first-order valence-corrected chi connectivity index (χ1v) is 16.4. The van der Waals surface area contributed by atoms with E-state index in [0.29, 0.717) is 11.6 Å². The van der Waals surface area contributed by atoms with E-state index in [-0.39, 0.29) is 29.5 Å². The fourth-order valence-electron chi connectivity index (χ4n) is 4.63. The lowest BCUT2D eigenvalue weighted by atomic mass is 10.0.